The first-order chi connectivity index (χ1) is 7.00. The highest BCUT2D eigenvalue weighted by atomic mass is 32.3. The first kappa shape index (κ1) is 13.4. The standard InChI is InChI=1S/2C4H4O.H2O4S/c2*1-2-4-5-3-1;1-5(2,3)4/h2*1-4H;(H2,1,2,3,4). The molecule has 0 amide bonds. The third kappa shape index (κ3) is 19.0. The molecule has 15 heavy (non-hydrogen) atoms. The summed E-state index contributed by atoms with van der Waals surface area (Å²) < 4.78 is 40.8. The zero-order valence-corrected chi connectivity index (χ0v) is 8.37. The maximum Gasteiger partial charge on any atom is 0.394 e. The second kappa shape index (κ2) is 7.80. The van der Waals surface area contributed by atoms with E-state index in [2.05, 4.69) is 8.83 Å². The highest BCUT2D eigenvalue weighted by Gasteiger charge is 1.84. The van der Waals surface area contributed by atoms with Crippen molar-refractivity contribution in [1.29, 1.82) is 0 Å². The van der Waals surface area contributed by atoms with Crippen LogP contribution in [0.25, 0.3) is 0 Å². The van der Waals surface area contributed by atoms with Gasteiger partial charge in [-0.3, -0.25) is 9.11 Å². The molecule has 84 valence electrons. The molecule has 2 N–H and O–H groups in total. The molecular formula is C8H10O6S. The topological polar surface area (TPSA) is 101 Å². The van der Waals surface area contributed by atoms with E-state index in [1.807, 2.05) is 24.3 Å². The lowest BCUT2D eigenvalue weighted by Crippen LogP contribution is -1.89. The van der Waals surface area contributed by atoms with Gasteiger partial charge in [-0.25, -0.2) is 0 Å². The SMILES string of the molecule is O=S(=O)(O)O.c1ccoc1.c1ccoc1. The van der Waals surface area contributed by atoms with Gasteiger partial charge in [-0.2, -0.15) is 8.42 Å². The van der Waals surface area contributed by atoms with E-state index in [1.165, 1.54) is 0 Å². The number of hydrogen-bond acceptors (Lipinski definition) is 4. The summed E-state index contributed by atoms with van der Waals surface area (Å²) in [7, 11) is -4.67. The van der Waals surface area contributed by atoms with Crippen molar-refractivity contribution in [3.8, 4) is 0 Å². The molecule has 0 aromatic carbocycles. The van der Waals surface area contributed by atoms with Crippen LogP contribution in [-0.2, 0) is 10.4 Å². The van der Waals surface area contributed by atoms with Crippen LogP contribution in [0.1, 0.15) is 0 Å². The van der Waals surface area contributed by atoms with Crippen LogP contribution in [0.3, 0.4) is 0 Å². The van der Waals surface area contributed by atoms with Gasteiger partial charge >= 0.3 is 10.4 Å². The molecule has 0 fully saturated rings. The minimum Gasteiger partial charge on any atom is -0.473 e. The highest BCUT2D eigenvalue weighted by Crippen LogP contribution is 1.80. The molecule has 2 heterocycles. The van der Waals surface area contributed by atoms with Crippen LogP contribution >= 0.6 is 0 Å². The second-order valence-corrected chi connectivity index (χ2v) is 2.93. The van der Waals surface area contributed by atoms with Gasteiger partial charge in [-0.1, -0.05) is 0 Å². The van der Waals surface area contributed by atoms with E-state index in [-0.39, 0.29) is 0 Å². The molecule has 0 aliphatic rings. The predicted molar refractivity (Wildman–Crippen MR) is 51.6 cm³/mol. The molecule has 6 nitrogen and oxygen atoms in total. The van der Waals surface area contributed by atoms with Gasteiger partial charge in [-0.15, -0.1) is 0 Å². The van der Waals surface area contributed by atoms with Crippen LogP contribution in [-0.4, -0.2) is 17.5 Å². The maximum absolute atomic E-state index is 8.74. The van der Waals surface area contributed by atoms with Crippen LogP contribution in [0.15, 0.2) is 58.2 Å². The molecule has 0 bridgehead atoms. The van der Waals surface area contributed by atoms with Crippen LogP contribution < -0.4 is 0 Å². The quantitative estimate of drug-likeness (QED) is 0.675. The first-order valence-corrected chi connectivity index (χ1v) is 5.04. The molecule has 0 radical (unpaired) electrons. The lowest BCUT2D eigenvalue weighted by Gasteiger charge is -1.68. The molecule has 0 unspecified atom stereocenters. The Kier molecular flexibility index (Phi) is 6.98. The fraction of sp³-hybridized carbons (Fsp3) is 0. The van der Waals surface area contributed by atoms with Gasteiger partial charge in [0.2, 0.25) is 0 Å². The average Bonchev–Trinajstić information content (AvgIpc) is 2.81. The van der Waals surface area contributed by atoms with Gasteiger partial charge in [-0.05, 0) is 24.3 Å². The van der Waals surface area contributed by atoms with Gasteiger partial charge in [0, 0.05) is 0 Å². The van der Waals surface area contributed by atoms with Gasteiger partial charge in [0.25, 0.3) is 0 Å². The average molecular weight is 234 g/mol. The largest absolute Gasteiger partial charge is 0.473 e. The maximum atomic E-state index is 8.74. The van der Waals surface area contributed by atoms with Crippen molar-refractivity contribution in [3.05, 3.63) is 49.3 Å². The van der Waals surface area contributed by atoms with E-state index in [9.17, 15) is 0 Å². The van der Waals surface area contributed by atoms with E-state index in [4.69, 9.17) is 17.5 Å². The molecule has 0 aliphatic heterocycles. The predicted octanol–water partition coefficient (Wildman–Crippen LogP) is 1.91. The monoisotopic (exact) mass is 234 g/mol. The number of furan rings is 2. The highest BCUT2D eigenvalue weighted by molar-refractivity contribution is 7.79. The summed E-state index contributed by atoms with van der Waals surface area (Å²) in [6, 6.07) is 7.33. The zero-order chi connectivity index (χ0) is 11.6. The molecule has 2 rings (SSSR count). The molecular weight excluding hydrogens is 224 g/mol. The third-order valence-electron chi connectivity index (χ3n) is 0.851. The fourth-order valence-corrected chi connectivity index (χ4v) is 0.454. The molecule has 2 aromatic rings. The second-order valence-electron chi connectivity index (χ2n) is 2.03. The first-order valence-electron chi connectivity index (χ1n) is 3.64. The van der Waals surface area contributed by atoms with E-state index in [1.54, 1.807) is 25.1 Å². The summed E-state index contributed by atoms with van der Waals surface area (Å²) in [4.78, 5) is 0. The number of rotatable bonds is 0. The molecule has 7 heteroatoms. The van der Waals surface area contributed by atoms with Gasteiger partial charge in [0.15, 0.2) is 0 Å². The Hall–Kier alpha value is -1.57. The van der Waals surface area contributed by atoms with Crippen molar-refractivity contribution >= 4 is 10.4 Å². The Balaban J connectivity index is 0.000000196. The Labute approximate surface area is 86.7 Å². The molecule has 0 aliphatic carbocycles. The van der Waals surface area contributed by atoms with Crippen molar-refractivity contribution in [2.75, 3.05) is 0 Å². The van der Waals surface area contributed by atoms with Crippen LogP contribution in [0.2, 0.25) is 0 Å². The molecule has 0 saturated heterocycles. The van der Waals surface area contributed by atoms with E-state index >= 15 is 0 Å². The summed E-state index contributed by atoms with van der Waals surface area (Å²) in [5.74, 6) is 0. The Bertz CT molecular complexity index is 320. The zero-order valence-electron chi connectivity index (χ0n) is 7.55. The van der Waals surface area contributed by atoms with E-state index in [0.717, 1.165) is 0 Å². The molecule has 0 saturated carbocycles. The van der Waals surface area contributed by atoms with Crippen molar-refractivity contribution in [2.45, 2.75) is 0 Å². The lowest BCUT2D eigenvalue weighted by molar-refractivity contribution is 0.381. The van der Waals surface area contributed by atoms with Crippen LogP contribution in [0.5, 0.6) is 0 Å². The summed E-state index contributed by atoms with van der Waals surface area (Å²) in [5.41, 5.74) is 0. The van der Waals surface area contributed by atoms with Gasteiger partial charge < -0.3 is 8.83 Å². The molecule has 0 spiro atoms. The molecule has 2 aromatic heterocycles. The summed E-state index contributed by atoms with van der Waals surface area (Å²) in [6.45, 7) is 0. The minimum atomic E-state index is -4.67. The summed E-state index contributed by atoms with van der Waals surface area (Å²) in [6.07, 6.45) is 6.50. The Morgan fingerprint density at radius 3 is 1.00 bits per heavy atom. The third-order valence-corrected chi connectivity index (χ3v) is 0.851. The van der Waals surface area contributed by atoms with Crippen molar-refractivity contribution in [1.82, 2.24) is 0 Å². The van der Waals surface area contributed by atoms with Crippen LogP contribution in [0.4, 0.5) is 0 Å². The minimum absolute atomic E-state index is 1.62. The Morgan fingerprint density at radius 1 is 0.733 bits per heavy atom. The van der Waals surface area contributed by atoms with Gasteiger partial charge in [0.1, 0.15) is 0 Å². The number of hydrogen-bond donors (Lipinski definition) is 2. The van der Waals surface area contributed by atoms with Gasteiger partial charge in [0.05, 0.1) is 25.1 Å². The lowest BCUT2D eigenvalue weighted by atomic mass is 10.7. The van der Waals surface area contributed by atoms with Crippen molar-refractivity contribution in [3.63, 3.8) is 0 Å². The van der Waals surface area contributed by atoms with Crippen LogP contribution in [0, 0.1) is 0 Å². The fourth-order valence-electron chi connectivity index (χ4n) is 0.454. The Morgan fingerprint density at radius 2 is 0.933 bits per heavy atom. The summed E-state index contributed by atoms with van der Waals surface area (Å²) in [5, 5.41) is 0. The van der Waals surface area contributed by atoms with Crippen molar-refractivity contribution < 1.29 is 26.4 Å². The molecule has 0 atom stereocenters. The summed E-state index contributed by atoms with van der Waals surface area (Å²) >= 11 is 0. The van der Waals surface area contributed by atoms with E-state index < -0.39 is 10.4 Å². The van der Waals surface area contributed by atoms with Crippen molar-refractivity contribution in [2.24, 2.45) is 0 Å². The smallest absolute Gasteiger partial charge is 0.394 e. The van der Waals surface area contributed by atoms with E-state index in [0.29, 0.717) is 0 Å². The normalized spacial score (nSPS) is 9.20.